The van der Waals surface area contributed by atoms with Crippen molar-refractivity contribution in [2.45, 2.75) is 69.1 Å². The van der Waals surface area contributed by atoms with Crippen molar-refractivity contribution in [3.63, 3.8) is 0 Å². The number of nitrogens with one attached hydrogen (secondary N) is 4. The SMILES string of the molecule is CSCCC(N)C(=O)NC(Cc1c[nH]c2ccccc12)C(=O)NC(CCCCN)C(=O)NC(CCCN=C(N)N)C(=O)O. The van der Waals surface area contributed by atoms with Crippen LogP contribution in [0.2, 0.25) is 0 Å². The zero-order valence-electron chi connectivity index (χ0n) is 24.5. The Kier molecular flexibility index (Phi) is 15.4. The summed E-state index contributed by atoms with van der Waals surface area (Å²) in [5.41, 5.74) is 24.0. The summed E-state index contributed by atoms with van der Waals surface area (Å²) in [4.78, 5) is 58.8. The Hall–Kier alpha value is -3.82. The number of hydrogen-bond donors (Lipinski definition) is 9. The summed E-state index contributed by atoms with van der Waals surface area (Å²) >= 11 is 1.56. The quantitative estimate of drug-likeness (QED) is 0.0522. The van der Waals surface area contributed by atoms with Gasteiger partial charge in [0, 0.05) is 30.1 Å². The molecule has 1 aromatic carbocycles. The number of hydrogen-bond acceptors (Lipinski definition) is 8. The molecule has 2 aromatic rings. The van der Waals surface area contributed by atoms with E-state index in [0.29, 0.717) is 38.0 Å². The van der Waals surface area contributed by atoms with E-state index in [4.69, 9.17) is 22.9 Å². The molecule has 0 radical (unpaired) electrons. The van der Waals surface area contributed by atoms with Crippen LogP contribution >= 0.6 is 11.8 Å². The zero-order valence-corrected chi connectivity index (χ0v) is 25.3. The Balaban J connectivity index is 2.25. The summed E-state index contributed by atoms with van der Waals surface area (Å²) in [5.74, 6) is -2.40. The summed E-state index contributed by atoms with van der Waals surface area (Å²) in [5, 5.41) is 18.6. The normalized spacial score (nSPS) is 13.8. The molecule has 0 spiro atoms. The summed E-state index contributed by atoms with van der Waals surface area (Å²) in [6.45, 7) is 0.588. The third kappa shape index (κ3) is 12.1. The molecule has 0 fully saturated rings. The van der Waals surface area contributed by atoms with Crippen LogP contribution in [-0.2, 0) is 25.6 Å². The number of carbonyl (C=O) groups is 4. The number of H-pyrrole nitrogens is 1. The molecule has 0 saturated heterocycles. The largest absolute Gasteiger partial charge is 0.480 e. The second-order valence-electron chi connectivity index (χ2n) is 10.2. The number of guanidine groups is 1. The number of aromatic amines is 1. The van der Waals surface area contributed by atoms with Crippen LogP contribution in [-0.4, -0.2) is 89.0 Å². The Morgan fingerprint density at radius 2 is 1.58 bits per heavy atom. The predicted octanol–water partition coefficient (Wildman–Crippen LogP) is -0.488. The van der Waals surface area contributed by atoms with Crippen molar-refractivity contribution >= 4 is 52.3 Å². The van der Waals surface area contributed by atoms with Crippen LogP contribution in [0.5, 0.6) is 0 Å². The van der Waals surface area contributed by atoms with Gasteiger partial charge in [0.2, 0.25) is 17.7 Å². The number of aromatic nitrogens is 1. The lowest BCUT2D eigenvalue weighted by atomic mass is 10.0. The van der Waals surface area contributed by atoms with Gasteiger partial charge < -0.3 is 49.0 Å². The molecule has 238 valence electrons. The molecule has 3 amide bonds. The van der Waals surface area contributed by atoms with Crippen molar-refractivity contribution in [2.75, 3.05) is 25.1 Å². The van der Waals surface area contributed by atoms with Crippen molar-refractivity contribution < 1.29 is 24.3 Å². The molecule has 1 aromatic heterocycles. The number of aliphatic imine (C=N–C) groups is 1. The van der Waals surface area contributed by atoms with Gasteiger partial charge >= 0.3 is 5.97 Å². The molecule has 0 saturated carbocycles. The Labute approximate surface area is 255 Å². The van der Waals surface area contributed by atoms with Gasteiger partial charge in [-0.1, -0.05) is 18.2 Å². The predicted molar refractivity (Wildman–Crippen MR) is 169 cm³/mol. The molecule has 43 heavy (non-hydrogen) atoms. The standard InChI is InChI=1S/C28H45N9O5S/c1-43-14-11-19(30)24(38)37-23(15-17-16-34-20-8-3-2-7-18(17)20)26(40)35-21(9-4-5-12-29)25(39)36-22(27(41)42)10-6-13-33-28(31)32/h2-3,7-8,16,19,21-23,34H,4-6,9-15,29-30H2,1H3,(H,35,40)(H,36,39)(H,37,38)(H,41,42)(H4,31,32,33). The van der Waals surface area contributed by atoms with Crippen LogP contribution in [0.1, 0.15) is 44.1 Å². The molecule has 0 aliphatic carbocycles. The van der Waals surface area contributed by atoms with Gasteiger partial charge in [-0.05, 0) is 68.7 Å². The summed E-state index contributed by atoms with van der Waals surface area (Å²) in [6.07, 6.45) is 5.97. The number of carboxylic acid groups (broad SMARTS) is 1. The molecule has 2 rings (SSSR count). The highest BCUT2D eigenvalue weighted by Gasteiger charge is 2.30. The molecule has 4 unspecified atom stereocenters. The first-order valence-corrected chi connectivity index (χ1v) is 15.7. The summed E-state index contributed by atoms with van der Waals surface area (Å²) in [6, 6.07) is 3.42. The minimum Gasteiger partial charge on any atom is -0.480 e. The van der Waals surface area contributed by atoms with E-state index >= 15 is 0 Å². The second-order valence-corrected chi connectivity index (χ2v) is 11.2. The molecule has 14 nitrogen and oxygen atoms in total. The number of nitrogens with zero attached hydrogens (tertiary/aromatic N) is 1. The molecule has 0 aliphatic heterocycles. The van der Waals surface area contributed by atoms with E-state index in [-0.39, 0.29) is 31.8 Å². The van der Waals surface area contributed by atoms with E-state index in [1.807, 2.05) is 30.5 Å². The lowest BCUT2D eigenvalue weighted by Gasteiger charge is -2.25. The van der Waals surface area contributed by atoms with Crippen LogP contribution in [0.4, 0.5) is 0 Å². The van der Waals surface area contributed by atoms with Crippen LogP contribution < -0.4 is 38.9 Å². The highest BCUT2D eigenvalue weighted by Crippen LogP contribution is 2.19. The Morgan fingerprint density at radius 3 is 2.26 bits per heavy atom. The van der Waals surface area contributed by atoms with Crippen LogP contribution in [0.15, 0.2) is 35.5 Å². The fourth-order valence-corrected chi connectivity index (χ4v) is 4.94. The molecule has 15 heteroatoms. The Bertz CT molecular complexity index is 1230. The summed E-state index contributed by atoms with van der Waals surface area (Å²) in [7, 11) is 0. The van der Waals surface area contributed by atoms with Gasteiger partial charge in [0.05, 0.1) is 6.04 Å². The smallest absolute Gasteiger partial charge is 0.326 e. The highest BCUT2D eigenvalue weighted by atomic mass is 32.2. The van der Waals surface area contributed by atoms with E-state index in [1.165, 1.54) is 0 Å². The average molecular weight is 620 g/mol. The number of rotatable bonds is 20. The molecule has 4 atom stereocenters. The van der Waals surface area contributed by atoms with Crippen molar-refractivity contribution in [1.82, 2.24) is 20.9 Å². The molecular formula is C28H45N9O5S. The van der Waals surface area contributed by atoms with Crippen molar-refractivity contribution in [3.05, 3.63) is 36.0 Å². The fourth-order valence-electron chi connectivity index (χ4n) is 4.45. The topological polar surface area (TPSA) is 257 Å². The van der Waals surface area contributed by atoms with E-state index in [9.17, 15) is 24.3 Å². The number of fused-ring (bicyclic) bond motifs is 1. The van der Waals surface area contributed by atoms with Crippen LogP contribution in [0.3, 0.4) is 0 Å². The number of unbranched alkanes of at least 4 members (excludes halogenated alkanes) is 1. The number of amides is 3. The maximum Gasteiger partial charge on any atom is 0.326 e. The average Bonchev–Trinajstić information content (AvgIpc) is 3.38. The van der Waals surface area contributed by atoms with E-state index in [2.05, 4.69) is 25.9 Å². The maximum absolute atomic E-state index is 13.7. The van der Waals surface area contributed by atoms with Gasteiger partial charge in [0.1, 0.15) is 18.1 Å². The van der Waals surface area contributed by atoms with Crippen molar-refractivity contribution in [3.8, 4) is 0 Å². The van der Waals surface area contributed by atoms with Gasteiger partial charge in [-0.15, -0.1) is 0 Å². The van der Waals surface area contributed by atoms with Gasteiger partial charge in [0.25, 0.3) is 0 Å². The Morgan fingerprint density at radius 1 is 0.930 bits per heavy atom. The van der Waals surface area contributed by atoms with Crippen LogP contribution in [0, 0.1) is 0 Å². The number of benzene rings is 1. The van der Waals surface area contributed by atoms with Crippen molar-refractivity contribution in [1.29, 1.82) is 0 Å². The number of para-hydroxylation sites is 1. The molecule has 13 N–H and O–H groups in total. The highest BCUT2D eigenvalue weighted by molar-refractivity contribution is 7.98. The number of aliphatic carboxylic acids is 1. The second kappa shape index (κ2) is 18.7. The monoisotopic (exact) mass is 619 g/mol. The zero-order chi connectivity index (χ0) is 31.8. The number of carboxylic acids is 1. The van der Waals surface area contributed by atoms with E-state index in [0.717, 1.165) is 16.5 Å². The summed E-state index contributed by atoms with van der Waals surface area (Å²) < 4.78 is 0. The van der Waals surface area contributed by atoms with Gasteiger partial charge in [-0.2, -0.15) is 11.8 Å². The number of nitrogens with two attached hydrogens (primary N) is 4. The lowest BCUT2D eigenvalue weighted by molar-refractivity contribution is -0.142. The van der Waals surface area contributed by atoms with Gasteiger partial charge in [0.15, 0.2) is 5.96 Å². The molecule has 1 heterocycles. The third-order valence-corrected chi connectivity index (χ3v) is 7.49. The van der Waals surface area contributed by atoms with E-state index in [1.54, 1.807) is 18.0 Å². The third-order valence-electron chi connectivity index (χ3n) is 6.84. The number of carbonyl (C=O) groups excluding carboxylic acids is 3. The molecule has 0 aliphatic rings. The fraction of sp³-hybridized carbons (Fsp3) is 0.536. The molecular weight excluding hydrogens is 574 g/mol. The first-order valence-electron chi connectivity index (χ1n) is 14.3. The maximum atomic E-state index is 13.7. The van der Waals surface area contributed by atoms with Crippen LogP contribution in [0.25, 0.3) is 10.9 Å². The van der Waals surface area contributed by atoms with Gasteiger partial charge in [-0.3, -0.25) is 19.4 Å². The number of thioether (sulfide) groups is 1. The van der Waals surface area contributed by atoms with E-state index < -0.39 is 47.9 Å². The first-order chi connectivity index (χ1) is 20.6. The molecule has 0 bridgehead atoms. The lowest BCUT2D eigenvalue weighted by Crippen LogP contribution is -2.57. The minimum absolute atomic E-state index is 0.0779. The van der Waals surface area contributed by atoms with Crippen molar-refractivity contribution in [2.24, 2.45) is 27.9 Å². The minimum atomic E-state index is -1.23. The van der Waals surface area contributed by atoms with Gasteiger partial charge in [-0.25, -0.2) is 4.79 Å². The first kappa shape index (κ1) is 35.4.